The van der Waals surface area contributed by atoms with E-state index in [1.165, 1.54) is 23.8 Å². The number of hydrogen-bond donors (Lipinski definition) is 0. The first-order valence-corrected chi connectivity index (χ1v) is 14.4. The summed E-state index contributed by atoms with van der Waals surface area (Å²) in [5.41, 5.74) is 4.01. The van der Waals surface area contributed by atoms with Crippen LogP contribution < -0.4 is 4.74 Å². The van der Waals surface area contributed by atoms with Gasteiger partial charge in [0, 0.05) is 32.3 Å². The van der Waals surface area contributed by atoms with Crippen LogP contribution in [0.3, 0.4) is 0 Å². The number of likely N-dealkylation sites (tertiary alicyclic amines) is 1. The number of benzene rings is 1. The van der Waals surface area contributed by atoms with E-state index in [0.29, 0.717) is 24.7 Å². The van der Waals surface area contributed by atoms with Crippen LogP contribution in [0.1, 0.15) is 69.2 Å². The molecule has 3 unspecified atom stereocenters. The van der Waals surface area contributed by atoms with Crippen molar-refractivity contribution in [2.45, 2.75) is 71.9 Å². The van der Waals surface area contributed by atoms with Crippen LogP contribution in [0.4, 0.5) is 0 Å². The Balaban J connectivity index is 2.31. The summed E-state index contributed by atoms with van der Waals surface area (Å²) in [6.45, 7) is 15.2. The largest absolute Gasteiger partial charge is 0.502 e. The van der Waals surface area contributed by atoms with Gasteiger partial charge >= 0.3 is 0 Å². The molecule has 0 aliphatic carbocycles. The minimum Gasteiger partial charge on any atom is -0.502 e. The summed E-state index contributed by atoms with van der Waals surface area (Å²) in [7, 11) is 6.52. The average molecular weight is 555 g/mol. The Bertz CT molecular complexity index is 1070. The number of amides is 1. The molecule has 7 heteroatoms. The van der Waals surface area contributed by atoms with Crippen LogP contribution in [-0.2, 0) is 25.4 Å². The second-order valence-corrected chi connectivity index (χ2v) is 10.4. The smallest absolute Gasteiger partial charge is 0.242 e. The van der Waals surface area contributed by atoms with Crippen molar-refractivity contribution in [2.75, 3.05) is 54.7 Å². The maximum absolute atomic E-state index is 13.9. The maximum atomic E-state index is 13.9. The Morgan fingerprint density at radius 2 is 1.95 bits per heavy atom. The van der Waals surface area contributed by atoms with E-state index >= 15 is 0 Å². The molecular weight excluding hydrogens is 504 g/mol. The fourth-order valence-corrected chi connectivity index (χ4v) is 5.48. The summed E-state index contributed by atoms with van der Waals surface area (Å²) >= 11 is 0. The molecule has 222 valence electrons. The lowest BCUT2D eigenvalue weighted by molar-refractivity contribution is -0.135. The molecule has 1 aliphatic heterocycles. The predicted molar refractivity (Wildman–Crippen MR) is 161 cm³/mol. The molecule has 0 spiro atoms. The van der Waals surface area contributed by atoms with Gasteiger partial charge in [0.2, 0.25) is 5.91 Å². The standard InChI is InChI=1S/C33H50N2O5/c1-10-12-30-26(4)32(40-9)17-16-31(30)27(5)34-19-11-13-29(18-20-34)35(21-22-37-6)33(36)28(23-25(3)39-8)15-14-24(2)38-7/h16-17,23,27-29H,2,10-13,18-22H2,1,3-9H3/b25-23+. The van der Waals surface area contributed by atoms with Gasteiger partial charge in [-0.2, -0.15) is 0 Å². The van der Waals surface area contributed by atoms with Crippen LogP contribution in [0.5, 0.6) is 5.75 Å². The van der Waals surface area contributed by atoms with Gasteiger partial charge in [-0.15, -0.1) is 0 Å². The van der Waals surface area contributed by atoms with Gasteiger partial charge in [0.25, 0.3) is 0 Å². The average Bonchev–Trinajstić information content (AvgIpc) is 3.22. The zero-order valence-corrected chi connectivity index (χ0v) is 26.0. The third-order valence-corrected chi connectivity index (χ3v) is 7.90. The molecule has 1 amide bonds. The molecule has 0 saturated carbocycles. The molecule has 7 nitrogen and oxygen atoms in total. The Morgan fingerprint density at radius 1 is 1.20 bits per heavy atom. The molecule has 3 atom stereocenters. The van der Waals surface area contributed by atoms with Gasteiger partial charge in [0.1, 0.15) is 11.7 Å². The second kappa shape index (κ2) is 17.0. The monoisotopic (exact) mass is 554 g/mol. The summed E-state index contributed by atoms with van der Waals surface area (Å²) in [6, 6.07) is 4.71. The van der Waals surface area contributed by atoms with Gasteiger partial charge < -0.3 is 23.8 Å². The highest BCUT2D eigenvalue weighted by Gasteiger charge is 2.31. The lowest BCUT2D eigenvalue weighted by Crippen LogP contribution is -2.45. The fourth-order valence-electron chi connectivity index (χ4n) is 5.48. The summed E-state index contributed by atoms with van der Waals surface area (Å²) < 4.78 is 21.5. The summed E-state index contributed by atoms with van der Waals surface area (Å²) in [5.74, 6) is 7.11. The number of rotatable bonds is 13. The van der Waals surface area contributed by atoms with Crippen LogP contribution in [0.15, 0.2) is 36.3 Å². The van der Waals surface area contributed by atoms with Gasteiger partial charge in [-0.3, -0.25) is 9.69 Å². The van der Waals surface area contributed by atoms with Crippen molar-refractivity contribution in [1.29, 1.82) is 0 Å². The van der Waals surface area contributed by atoms with E-state index in [1.807, 2.05) is 11.8 Å². The Morgan fingerprint density at radius 3 is 2.58 bits per heavy atom. The number of methoxy groups -OCH3 is 4. The highest BCUT2D eigenvalue weighted by atomic mass is 16.5. The van der Waals surface area contributed by atoms with E-state index in [-0.39, 0.29) is 18.0 Å². The number of ether oxygens (including phenoxy) is 4. The molecular formula is C33H50N2O5. The lowest BCUT2D eigenvalue weighted by Gasteiger charge is -2.33. The van der Waals surface area contributed by atoms with Gasteiger partial charge in [0.05, 0.1) is 33.7 Å². The van der Waals surface area contributed by atoms with Gasteiger partial charge in [0.15, 0.2) is 5.76 Å². The van der Waals surface area contributed by atoms with Crippen LogP contribution in [-0.4, -0.2) is 76.4 Å². The van der Waals surface area contributed by atoms with E-state index in [4.69, 9.17) is 18.9 Å². The highest BCUT2D eigenvalue weighted by Crippen LogP contribution is 2.33. The van der Waals surface area contributed by atoms with Crippen LogP contribution in [0, 0.1) is 24.7 Å². The summed E-state index contributed by atoms with van der Waals surface area (Å²) in [6.07, 6.45) is 6.71. The van der Waals surface area contributed by atoms with E-state index in [0.717, 1.165) is 50.9 Å². The van der Waals surface area contributed by atoms with Crippen molar-refractivity contribution in [2.24, 2.45) is 5.92 Å². The number of carbonyl (C=O) groups is 1. The van der Waals surface area contributed by atoms with Crippen molar-refractivity contribution < 1.29 is 23.7 Å². The second-order valence-electron chi connectivity index (χ2n) is 10.4. The van der Waals surface area contributed by atoms with E-state index in [2.05, 4.69) is 56.2 Å². The fraction of sp³-hybridized carbons (Fsp3) is 0.606. The van der Waals surface area contributed by atoms with Crippen molar-refractivity contribution in [1.82, 2.24) is 9.80 Å². The van der Waals surface area contributed by atoms with E-state index in [9.17, 15) is 4.79 Å². The van der Waals surface area contributed by atoms with Gasteiger partial charge in [-0.05, 0) is 94.3 Å². The van der Waals surface area contributed by atoms with Crippen molar-refractivity contribution >= 4 is 5.91 Å². The molecule has 0 bridgehead atoms. The quantitative estimate of drug-likeness (QED) is 0.231. The van der Waals surface area contributed by atoms with E-state index in [1.54, 1.807) is 27.4 Å². The Hall–Kier alpha value is -2.95. The van der Waals surface area contributed by atoms with Crippen molar-refractivity contribution in [3.63, 3.8) is 0 Å². The summed E-state index contributed by atoms with van der Waals surface area (Å²) in [5, 5.41) is 0. The molecule has 1 aromatic carbocycles. The molecule has 0 radical (unpaired) electrons. The topological polar surface area (TPSA) is 60.5 Å². The van der Waals surface area contributed by atoms with Crippen molar-refractivity contribution in [3.8, 4) is 17.6 Å². The number of nitrogens with zero attached hydrogens (tertiary/aromatic N) is 2. The molecule has 1 heterocycles. The zero-order valence-electron chi connectivity index (χ0n) is 26.0. The molecule has 0 N–H and O–H groups in total. The minimum absolute atomic E-state index is 0.0487. The number of allylic oxidation sites excluding steroid dienone is 2. The first-order chi connectivity index (χ1) is 19.2. The lowest BCUT2D eigenvalue weighted by atomic mass is 9.92. The summed E-state index contributed by atoms with van der Waals surface area (Å²) in [4.78, 5) is 18.5. The number of carbonyl (C=O) groups excluding carboxylic acids is 1. The Kier molecular flexibility index (Phi) is 14.1. The van der Waals surface area contributed by atoms with Crippen LogP contribution >= 0.6 is 0 Å². The molecule has 1 aliphatic rings. The highest BCUT2D eigenvalue weighted by molar-refractivity contribution is 5.84. The molecule has 1 saturated heterocycles. The first-order valence-electron chi connectivity index (χ1n) is 14.4. The van der Waals surface area contributed by atoms with Gasteiger partial charge in [-0.25, -0.2) is 0 Å². The normalized spacial score (nSPS) is 17.6. The van der Waals surface area contributed by atoms with E-state index < -0.39 is 5.92 Å². The molecule has 0 aromatic heterocycles. The molecule has 40 heavy (non-hydrogen) atoms. The van der Waals surface area contributed by atoms with Gasteiger partial charge in [-0.1, -0.05) is 25.3 Å². The number of hydrogen-bond acceptors (Lipinski definition) is 6. The first kappa shape index (κ1) is 33.3. The SMILES string of the molecule is C=C(C#CC(/C=C(\C)OC)C(=O)N(CCOC)C1CCCN(C(C)c2ccc(OC)c(C)c2CCC)CC1)OC. The molecule has 2 rings (SSSR count). The minimum atomic E-state index is -0.666. The van der Waals surface area contributed by atoms with Crippen LogP contribution in [0.2, 0.25) is 0 Å². The maximum Gasteiger partial charge on any atom is 0.242 e. The molecule has 1 fully saturated rings. The van der Waals surface area contributed by atoms with Crippen molar-refractivity contribution in [3.05, 3.63) is 53.0 Å². The predicted octanol–water partition coefficient (Wildman–Crippen LogP) is 5.68. The Labute approximate surface area is 242 Å². The van der Waals surface area contributed by atoms with Crippen LogP contribution in [0.25, 0.3) is 0 Å². The zero-order chi connectivity index (χ0) is 29.7. The third kappa shape index (κ3) is 9.04. The third-order valence-electron chi connectivity index (χ3n) is 7.90. The molecule has 1 aromatic rings.